The van der Waals surface area contributed by atoms with Gasteiger partial charge in [0.05, 0.1) is 12.7 Å². The minimum absolute atomic E-state index is 0.145. The molecule has 1 aromatic rings. The van der Waals surface area contributed by atoms with Crippen LogP contribution in [0.4, 0.5) is 0 Å². The fourth-order valence-electron chi connectivity index (χ4n) is 0.929. The molecule has 14 heavy (non-hydrogen) atoms. The molecule has 0 saturated heterocycles. The molecule has 0 amide bonds. The van der Waals surface area contributed by atoms with Crippen LogP contribution in [0.5, 0.6) is 5.75 Å². The molecule has 0 fully saturated rings. The first-order valence-corrected chi connectivity index (χ1v) is 4.07. The molecule has 1 radical (unpaired) electrons. The van der Waals surface area contributed by atoms with Crippen LogP contribution < -0.4 is 4.65 Å². The summed E-state index contributed by atoms with van der Waals surface area (Å²) in [6, 6.07) is 4.38. The van der Waals surface area contributed by atoms with E-state index in [0.717, 1.165) is 0 Å². The largest absolute Gasteiger partial charge is 0.569 e. The Morgan fingerprint density at radius 2 is 2.29 bits per heavy atom. The summed E-state index contributed by atoms with van der Waals surface area (Å²) in [5.74, 6) is -0.412. The van der Waals surface area contributed by atoms with Gasteiger partial charge in [-0.1, -0.05) is 11.6 Å². The highest BCUT2D eigenvalue weighted by atomic mass is 35.5. The van der Waals surface area contributed by atoms with Crippen molar-refractivity contribution in [1.82, 2.24) is 0 Å². The number of rotatable bonds is 3. The maximum absolute atomic E-state index is 11.2. The van der Waals surface area contributed by atoms with E-state index in [4.69, 9.17) is 16.6 Å². The first-order chi connectivity index (χ1) is 6.69. The van der Waals surface area contributed by atoms with Gasteiger partial charge in [-0.15, -0.1) is 0 Å². The predicted octanol–water partition coefficient (Wildman–Crippen LogP) is 1.03. The van der Waals surface area contributed by atoms with E-state index in [1.807, 2.05) is 0 Å². The van der Waals surface area contributed by atoms with Gasteiger partial charge in [0.2, 0.25) is 0 Å². The molecule has 1 aromatic carbocycles. The molecule has 0 atom stereocenters. The number of hydrogen-bond acceptors (Lipinski definition) is 4. The van der Waals surface area contributed by atoms with Crippen molar-refractivity contribution in [2.45, 2.75) is 0 Å². The summed E-state index contributed by atoms with van der Waals surface area (Å²) >= 11 is 5.67. The Morgan fingerprint density at radius 3 is 2.86 bits per heavy atom. The molecule has 0 saturated carbocycles. The lowest BCUT2D eigenvalue weighted by molar-refractivity contribution is 0.0598. The van der Waals surface area contributed by atoms with Crippen molar-refractivity contribution in [3.05, 3.63) is 28.8 Å². The van der Waals surface area contributed by atoms with Gasteiger partial charge in [-0.2, -0.15) is 0 Å². The highest BCUT2D eigenvalue weighted by molar-refractivity contribution is 6.31. The lowest BCUT2D eigenvalue weighted by atomic mass is 10.2. The highest BCUT2D eigenvalue weighted by Crippen LogP contribution is 2.23. The summed E-state index contributed by atoms with van der Waals surface area (Å²) in [6.07, 6.45) is 0. The van der Waals surface area contributed by atoms with Crippen LogP contribution in [-0.2, 0) is 4.74 Å². The standard InChI is InChI=1S/C8H7BClO4/c1-13-8(11)6-3-2-5(10)4-7(6)14-9-12/h2-4,12H,1H3. The molecular weight excluding hydrogens is 206 g/mol. The zero-order chi connectivity index (χ0) is 10.6. The number of carbonyl (C=O) groups is 1. The monoisotopic (exact) mass is 213 g/mol. The van der Waals surface area contributed by atoms with Crippen LogP contribution in [0.1, 0.15) is 10.4 Å². The summed E-state index contributed by atoms with van der Waals surface area (Å²) in [5, 5.41) is 8.84. The van der Waals surface area contributed by atoms with Gasteiger partial charge in [-0.25, -0.2) is 4.79 Å². The SMILES string of the molecule is COC(=O)c1ccc(Cl)cc1O[B]O. The van der Waals surface area contributed by atoms with Gasteiger partial charge in [0.15, 0.2) is 0 Å². The smallest absolute Gasteiger partial charge is 0.537 e. The zero-order valence-electron chi connectivity index (χ0n) is 7.36. The molecule has 6 heteroatoms. The molecule has 1 rings (SSSR count). The van der Waals surface area contributed by atoms with Gasteiger partial charge in [0.25, 0.3) is 0 Å². The van der Waals surface area contributed by atoms with Gasteiger partial charge in [-0.3, -0.25) is 0 Å². The van der Waals surface area contributed by atoms with E-state index in [9.17, 15) is 4.79 Å². The summed E-state index contributed by atoms with van der Waals surface area (Å²) in [5.41, 5.74) is 0.196. The number of carbonyl (C=O) groups excluding carboxylic acids is 1. The summed E-state index contributed by atoms with van der Waals surface area (Å²) in [7, 11) is 1.72. The average molecular weight is 213 g/mol. The van der Waals surface area contributed by atoms with Gasteiger partial charge in [0.1, 0.15) is 5.75 Å². The van der Waals surface area contributed by atoms with Crippen molar-refractivity contribution in [3.63, 3.8) is 0 Å². The molecular formula is C8H7BClO4. The molecule has 0 bridgehead atoms. The van der Waals surface area contributed by atoms with Crippen LogP contribution in [-0.4, -0.2) is 25.8 Å². The number of esters is 1. The number of halogens is 1. The Labute approximate surface area is 86.7 Å². The van der Waals surface area contributed by atoms with Crippen molar-refractivity contribution < 1.29 is 19.2 Å². The Bertz CT molecular complexity index is 342. The van der Waals surface area contributed by atoms with Crippen molar-refractivity contribution in [2.75, 3.05) is 7.11 Å². The van der Waals surface area contributed by atoms with Crippen LogP contribution in [0.3, 0.4) is 0 Å². The molecule has 0 aliphatic carbocycles. The maximum atomic E-state index is 11.2. The second kappa shape index (κ2) is 4.88. The quantitative estimate of drug-likeness (QED) is 0.602. The average Bonchev–Trinajstić information content (AvgIpc) is 2.17. The Morgan fingerprint density at radius 1 is 1.57 bits per heavy atom. The number of methoxy groups -OCH3 is 1. The Hall–Kier alpha value is -1.20. The molecule has 0 heterocycles. The van der Waals surface area contributed by atoms with Crippen molar-refractivity contribution in [2.24, 2.45) is 0 Å². The van der Waals surface area contributed by atoms with Crippen LogP contribution in [0.15, 0.2) is 18.2 Å². The van der Waals surface area contributed by atoms with Gasteiger partial charge in [0, 0.05) is 5.02 Å². The molecule has 0 aromatic heterocycles. The van der Waals surface area contributed by atoms with Gasteiger partial charge < -0.3 is 14.4 Å². The molecule has 0 aliphatic heterocycles. The molecule has 0 aliphatic rings. The second-order valence-corrected chi connectivity index (χ2v) is 2.79. The molecule has 0 spiro atoms. The van der Waals surface area contributed by atoms with Crippen LogP contribution in [0, 0.1) is 0 Å². The summed E-state index contributed by atoms with van der Waals surface area (Å²) in [4.78, 5) is 11.2. The third-order valence-corrected chi connectivity index (χ3v) is 1.76. The zero-order valence-corrected chi connectivity index (χ0v) is 8.12. The van der Waals surface area contributed by atoms with Crippen molar-refractivity contribution >= 4 is 25.3 Å². The van der Waals surface area contributed by atoms with Gasteiger partial charge >= 0.3 is 13.7 Å². The third-order valence-electron chi connectivity index (χ3n) is 1.53. The fourth-order valence-corrected chi connectivity index (χ4v) is 1.09. The normalized spacial score (nSPS) is 9.36. The van der Waals surface area contributed by atoms with E-state index < -0.39 is 5.97 Å². The summed E-state index contributed by atoms with van der Waals surface area (Å²) in [6.45, 7) is 0. The molecule has 0 unspecified atom stereocenters. The lowest BCUT2D eigenvalue weighted by Gasteiger charge is -2.07. The minimum atomic E-state index is -0.557. The van der Waals surface area contributed by atoms with Crippen LogP contribution >= 0.6 is 11.6 Å². The first kappa shape index (κ1) is 10.9. The fraction of sp³-hybridized carbons (Fsp3) is 0.125. The Balaban J connectivity index is 3.07. The third kappa shape index (κ3) is 2.40. The number of hydrogen-bond donors (Lipinski definition) is 1. The molecule has 4 nitrogen and oxygen atoms in total. The number of ether oxygens (including phenoxy) is 1. The minimum Gasteiger partial charge on any atom is -0.537 e. The van der Waals surface area contributed by atoms with Crippen molar-refractivity contribution in [1.29, 1.82) is 0 Å². The molecule has 1 N–H and O–H groups in total. The van der Waals surface area contributed by atoms with Gasteiger partial charge in [-0.05, 0) is 18.2 Å². The lowest BCUT2D eigenvalue weighted by Crippen LogP contribution is -2.08. The highest BCUT2D eigenvalue weighted by Gasteiger charge is 2.13. The van der Waals surface area contributed by atoms with Crippen molar-refractivity contribution in [3.8, 4) is 5.75 Å². The topological polar surface area (TPSA) is 55.8 Å². The van der Waals surface area contributed by atoms with E-state index in [0.29, 0.717) is 12.7 Å². The van der Waals surface area contributed by atoms with E-state index in [1.165, 1.54) is 25.3 Å². The molecule has 73 valence electrons. The second-order valence-electron chi connectivity index (χ2n) is 2.36. The van der Waals surface area contributed by atoms with E-state index in [2.05, 4.69) is 9.39 Å². The van der Waals surface area contributed by atoms with Crippen LogP contribution in [0.2, 0.25) is 5.02 Å². The maximum Gasteiger partial charge on any atom is 0.569 e. The van der Waals surface area contributed by atoms with E-state index in [1.54, 1.807) is 0 Å². The number of benzene rings is 1. The predicted molar refractivity (Wildman–Crippen MR) is 51.4 cm³/mol. The summed E-state index contributed by atoms with van der Waals surface area (Å²) < 4.78 is 9.19. The van der Waals surface area contributed by atoms with E-state index in [-0.39, 0.29) is 11.3 Å². The Kier molecular flexibility index (Phi) is 3.79. The first-order valence-electron chi connectivity index (χ1n) is 3.69. The van der Waals surface area contributed by atoms with Crippen LogP contribution in [0.25, 0.3) is 0 Å². The van der Waals surface area contributed by atoms with E-state index >= 15 is 0 Å².